The molecule has 0 bridgehead atoms. The maximum absolute atomic E-state index is 11.2. The molecule has 0 aromatic heterocycles. The molecule has 0 saturated heterocycles. The zero-order valence-electron chi connectivity index (χ0n) is 7.64. The van der Waals surface area contributed by atoms with Crippen LogP contribution in [-0.2, 0) is 13.9 Å². The Hall–Kier alpha value is -0.180. The van der Waals surface area contributed by atoms with Crippen molar-refractivity contribution in [3.8, 4) is 9.85 Å². The third kappa shape index (κ3) is 7.71. The van der Waals surface area contributed by atoms with Gasteiger partial charge >= 0.3 is 15.2 Å². The number of hydrogen-bond donors (Lipinski definition) is 1. The van der Waals surface area contributed by atoms with Crippen LogP contribution in [0.2, 0.25) is 0 Å². The fourth-order valence-corrected chi connectivity index (χ4v) is 2.31. The van der Waals surface area contributed by atoms with Crippen molar-refractivity contribution in [2.75, 3.05) is 13.2 Å². The Morgan fingerprint density at radius 2 is 2.27 bits per heavy atom. The zero-order chi connectivity index (χ0) is 11.9. The van der Waals surface area contributed by atoms with Gasteiger partial charge in [0.1, 0.15) is 11.0 Å². The maximum atomic E-state index is 11.2. The van der Waals surface area contributed by atoms with Crippen molar-refractivity contribution in [3.63, 3.8) is 0 Å². The third-order valence-corrected chi connectivity index (χ3v) is 3.27. The van der Waals surface area contributed by atoms with Crippen LogP contribution in [0.1, 0.15) is 6.92 Å². The Morgan fingerprint density at radius 3 is 2.67 bits per heavy atom. The summed E-state index contributed by atoms with van der Waals surface area (Å²) in [5.74, 6) is 2.47. The topological polar surface area (TPSA) is 83.9 Å². The lowest BCUT2D eigenvalue weighted by atomic mass is 10.7. The van der Waals surface area contributed by atoms with Crippen LogP contribution in [-0.4, -0.2) is 36.5 Å². The smallest absolute Gasteiger partial charge is 0.421 e. The highest BCUT2D eigenvalue weighted by molar-refractivity contribution is 14.1. The number of carbonyl (C=O) groups is 1. The molecule has 0 aliphatic carbocycles. The van der Waals surface area contributed by atoms with Crippen molar-refractivity contribution in [2.24, 2.45) is 0 Å². The van der Waals surface area contributed by atoms with Gasteiger partial charge in [-0.05, 0) is 10.9 Å². The average molecular weight is 365 g/mol. The summed E-state index contributed by atoms with van der Waals surface area (Å²) in [7, 11) is -4.30. The quantitative estimate of drug-likeness (QED) is 0.266. The van der Waals surface area contributed by atoms with Gasteiger partial charge in [0, 0.05) is 29.1 Å². The predicted octanol–water partition coefficient (Wildman–Crippen LogP) is 1.29. The van der Waals surface area contributed by atoms with Gasteiger partial charge in [-0.15, -0.1) is 0 Å². The van der Waals surface area contributed by atoms with Gasteiger partial charge in [-0.3, -0.25) is 4.55 Å². The summed E-state index contributed by atoms with van der Waals surface area (Å²) in [6, 6.07) is 0. The molecular weight excluding hydrogens is 357 g/mol. The maximum Gasteiger partial charge on any atom is 0.421 e. The average Bonchev–Trinajstić information content (AvgIpc) is 2.13. The normalized spacial score (nSPS) is 10.1. The lowest BCUT2D eigenvalue weighted by molar-refractivity contribution is 0.142. The van der Waals surface area contributed by atoms with E-state index < -0.39 is 15.2 Å². The SMILES string of the molecule is CCN(SS(=O)(=O)O)C(=O)OCC#CI. The first-order chi connectivity index (χ1) is 6.90. The van der Waals surface area contributed by atoms with Gasteiger partial charge in [0.25, 0.3) is 0 Å². The van der Waals surface area contributed by atoms with E-state index in [4.69, 9.17) is 4.55 Å². The first kappa shape index (κ1) is 14.8. The Kier molecular flexibility index (Phi) is 7.07. The molecule has 0 aliphatic rings. The second kappa shape index (κ2) is 7.15. The van der Waals surface area contributed by atoms with Crippen molar-refractivity contribution in [1.82, 2.24) is 4.31 Å². The highest BCUT2D eigenvalue weighted by Crippen LogP contribution is 2.17. The van der Waals surface area contributed by atoms with Crippen LogP contribution in [0.25, 0.3) is 0 Å². The molecular formula is C6H8INO5S2. The predicted molar refractivity (Wildman–Crippen MR) is 64.7 cm³/mol. The van der Waals surface area contributed by atoms with Crippen molar-refractivity contribution in [2.45, 2.75) is 6.92 Å². The van der Waals surface area contributed by atoms with E-state index in [9.17, 15) is 13.2 Å². The Bertz CT molecular complexity index is 371. The summed E-state index contributed by atoms with van der Waals surface area (Å²) >= 11 is 1.78. The van der Waals surface area contributed by atoms with Crippen molar-refractivity contribution >= 4 is 48.8 Å². The van der Waals surface area contributed by atoms with Crippen LogP contribution < -0.4 is 0 Å². The summed E-state index contributed by atoms with van der Waals surface area (Å²) < 4.78 is 37.3. The number of amides is 1. The Morgan fingerprint density at radius 1 is 1.67 bits per heavy atom. The van der Waals surface area contributed by atoms with Gasteiger partial charge in [-0.1, -0.05) is 5.92 Å². The molecule has 0 fully saturated rings. The first-order valence-corrected chi connectivity index (χ1v) is 7.41. The van der Waals surface area contributed by atoms with Gasteiger partial charge in [0.05, 0.1) is 0 Å². The summed E-state index contributed by atoms with van der Waals surface area (Å²) in [5.41, 5.74) is 0. The molecule has 0 atom stereocenters. The highest BCUT2D eigenvalue weighted by atomic mass is 127. The fraction of sp³-hybridized carbons (Fsp3) is 0.500. The van der Waals surface area contributed by atoms with Crippen molar-refractivity contribution in [3.05, 3.63) is 0 Å². The van der Waals surface area contributed by atoms with Gasteiger partial charge in [-0.25, -0.2) is 9.10 Å². The van der Waals surface area contributed by atoms with Crippen LogP contribution in [0.5, 0.6) is 0 Å². The van der Waals surface area contributed by atoms with E-state index in [0.29, 0.717) is 0 Å². The molecule has 0 heterocycles. The van der Waals surface area contributed by atoms with Crippen LogP contribution >= 0.6 is 33.6 Å². The molecule has 0 aliphatic heterocycles. The largest absolute Gasteiger partial charge is 0.436 e. The van der Waals surface area contributed by atoms with Crippen LogP contribution in [0.4, 0.5) is 4.79 Å². The fourth-order valence-electron chi connectivity index (χ4n) is 0.523. The minimum absolute atomic E-state index is 0.00451. The molecule has 6 nitrogen and oxygen atoms in total. The van der Waals surface area contributed by atoms with E-state index in [0.717, 1.165) is 4.31 Å². The number of halogens is 1. The van der Waals surface area contributed by atoms with E-state index in [1.54, 1.807) is 29.5 Å². The van der Waals surface area contributed by atoms with E-state index in [1.165, 1.54) is 0 Å². The molecule has 86 valence electrons. The van der Waals surface area contributed by atoms with Gasteiger partial charge < -0.3 is 4.74 Å². The number of nitrogens with zero attached hydrogens (tertiary/aromatic N) is 1. The third-order valence-electron chi connectivity index (χ3n) is 1.01. The standard InChI is InChI=1S/C6H8INO5S2/c1-2-8(14-15(10,11)12)6(9)13-5-3-4-7/h2,5H2,1H3,(H,10,11,12). The second-order valence-corrected chi connectivity index (χ2v) is 5.72. The minimum Gasteiger partial charge on any atom is -0.436 e. The minimum atomic E-state index is -4.31. The van der Waals surface area contributed by atoms with Crippen molar-refractivity contribution < 1.29 is 22.5 Å². The molecule has 0 unspecified atom stereocenters. The first-order valence-electron chi connectivity index (χ1n) is 3.60. The van der Waals surface area contributed by atoms with Gasteiger partial charge in [-0.2, -0.15) is 8.42 Å². The van der Waals surface area contributed by atoms with E-state index in [2.05, 4.69) is 14.6 Å². The zero-order valence-corrected chi connectivity index (χ0v) is 11.4. The summed E-state index contributed by atoms with van der Waals surface area (Å²) in [4.78, 5) is 11.2. The van der Waals surface area contributed by atoms with Crippen LogP contribution in [0, 0.1) is 9.85 Å². The van der Waals surface area contributed by atoms with Crippen LogP contribution in [0.3, 0.4) is 0 Å². The number of rotatable bonds is 4. The summed E-state index contributed by atoms with van der Waals surface area (Å²) in [6.07, 6.45) is -0.862. The Labute approximate surface area is 105 Å². The number of ether oxygens (including phenoxy) is 1. The lowest BCUT2D eigenvalue weighted by Crippen LogP contribution is -2.26. The Balaban J connectivity index is 4.27. The molecule has 0 rings (SSSR count). The van der Waals surface area contributed by atoms with E-state index in [-0.39, 0.29) is 24.1 Å². The molecule has 0 spiro atoms. The summed E-state index contributed by atoms with van der Waals surface area (Å²) in [6.45, 7) is 1.51. The molecule has 0 radical (unpaired) electrons. The molecule has 0 aromatic rings. The highest BCUT2D eigenvalue weighted by Gasteiger charge is 2.20. The number of hydrogen-bond acceptors (Lipinski definition) is 5. The van der Waals surface area contributed by atoms with E-state index >= 15 is 0 Å². The van der Waals surface area contributed by atoms with Gasteiger partial charge in [0.15, 0.2) is 6.61 Å². The second-order valence-electron chi connectivity index (χ2n) is 2.02. The molecule has 1 amide bonds. The monoisotopic (exact) mass is 365 g/mol. The molecule has 9 heteroatoms. The van der Waals surface area contributed by atoms with E-state index in [1.807, 2.05) is 0 Å². The van der Waals surface area contributed by atoms with Crippen molar-refractivity contribution in [1.29, 1.82) is 0 Å². The number of carbonyl (C=O) groups excluding carboxylic acids is 1. The molecule has 0 aromatic carbocycles. The van der Waals surface area contributed by atoms with Crippen LogP contribution in [0.15, 0.2) is 0 Å². The van der Waals surface area contributed by atoms with Gasteiger partial charge in [0.2, 0.25) is 0 Å². The molecule has 15 heavy (non-hydrogen) atoms. The summed E-state index contributed by atoms with van der Waals surface area (Å²) in [5, 5.41) is 0. The molecule has 1 N–H and O–H groups in total. The lowest BCUT2D eigenvalue weighted by Gasteiger charge is -2.15. The molecule has 0 saturated carbocycles.